The Morgan fingerprint density at radius 3 is 2.26 bits per heavy atom. The summed E-state index contributed by atoms with van der Waals surface area (Å²) in [6.07, 6.45) is 0.0403. The maximum Gasteiger partial charge on any atom is 0.340 e. The third-order valence-electron chi connectivity index (χ3n) is 5.89. The molecule has 1 saturated heterocycles. The van der Waals surface area contributed by atoms with E-state index in [1.807, 2.05) is 48.2 Å². The summed E-state index contributed by atoms with van der Waals surface area (Å²) in [5, 5.41) is 0.813. The number of carbonyl (C=O) groups excluding carboxylic acids is 1. The zero-order valence-electron chi connectivity index (χ0n) is 18.0. The van der Waals surface area contributed by atoms with E-state index in [9.17, 15) is 9.59 Å². The molecule has 162 valence electrons. The van der Waals surface area contributed by atoms with Gasteiger partial charge in [0.15, 0.2) is 0 Å². The SMILES string of the molecule is COc1ccc(N2CCN(C(=O)Cc3c(C)c4ccc(OC)cc4oc3=O)CC2)cc1. The number of carbonyl (C=O) groups is 1. The summed E-state index contributed by atoms with van der Waals surface area (Å²) in [6, 6.07) is 13.3. The first-order valence-corrected chi connectivity index (χ1v) is 10.3. The number of ether oxygens (including phenoxy) is 2. The van der Waals surface area contributed by atoms with Crippen LogP contribution in [0.1, 0.15) is 11.1 Å². The molecule has 1 aromatic heterocycles. The topological polar surface area (TPSA) is 72.2 Å². The summed E-state index contributed by atoms with van der Waals surface area (Å²) < 4.78 is 15.9. The van der Waals surface area contributed by atoms with Crippen molar-refractivity contribution < 1.29 is 18.7 Å². The Morgan fingerprint density at radius 1 is 0.968 bits per heavy atom. The van der Waals surface area contributed by atoms with Crippen LogP contribution in [-0.2, 0) is 11.2 Å². The van der Waals surface area contributed by atoms with Gasteiger partial charge in [-0.1, -0.05) is 0 Å². The van der Waals surface area contributed by atoms with E-state index in [-0.39, 0.29) is 12.3 Å². The predicted molar refractivity (Wildman–Crippen MR) is 119 cm³/mol. The van der Waals surface area contributed by atoms with Crippen molar-refractivity contribution in [3.63, 3.8) is 0 Å². The molecule has 0 saturated carbocycles. The van der Waals surface area contributed by atoms with E-state index in [0.29, 0.717) is 30.0 Å². The molecule has 7 heteroatoms. The fraction of sp³-hybridized carbons (Fsp3) is 0.333. The van der Waals surface area contributed by atoms with Gasteiger partial charge in [0.1, 0.15) is 17.1 Å². The lowest BCUT2D eigenvalue weighted by Gasteiger charge is -2.36. The van der Waals surface area contributed by atoms with Gasteiger partial charge in [0, 0.05) is 43.3 Å². The minimum atomic E-state index is -0.469. The fourth-order valence-corrected chi connectivity index (χ4v) is 3.98. The molecule has 3 aromatic rings. The van der Waals surface area contributed by atoms with E-state index < -0.39 is 5.63 Å². The third-order valence-corrected chi connectivity index (χ3v) is 5.89. The first-order valence-electron chi connectivity index (χ1n) is 10.3. The van der Waals surface area contributed by atoms with E-state index in [4.69, 9.17) is 13.9 Å². The number of benzene rings is 2. The Labute approximate surface area is 180 Å². The molecule has 0 radical (unpaired) electrons. The summed E-state index contributed by atoms with van der Waals surface area (Å²) in [7, 11) is 3.21. The van der Waals surface area contributed by atoms with E-state index in [1.54, 1.807) is 20.3 Å². The van der Waals surface area contributed by atoms with E-state index in [1.165, 1.54) is 0 Å². The van der Waals surface area contributed by atoms with Gasteiger partial charge in [-0.2, -0.15) is 0 Å². The highest BCUT2D eigenvalue weighted by Gasteiger charge is 2.24. The summed E-state index contributed by atoms with van der Waals surface area (Å²) in [6.45, 7) is 4.56. The molecule has 7 nitrogen and oxygen atoms in total. The summed E-state index contributed by atoms with van der Waals surface area (Å²) in [5.41, 5.74) is 2.29. The van der Waals surface area contributed by atoms with Gasteiger partial charge >= 0.3 is 5.63 Å². The molecule has 1 amide bonds. The molecular weight excluding hydrogens is 396 g/mol. The highest BCUT2D eigenvalue weighted by Crippen LogP contribution is 2.25. The quantitative estimate of drug-likeness (QED) is 0.589. The van der Waals surface area contributed by atoms with Crippen molar-refractivity contribution in [1.82, 2.24) is 4.90 Å². The molecular formula is C24H26N2O5. The van der Waals surface area contributed by atoms with Crippen molar-refractivity contribution in [2.75, 3.05) is 45.3 Å². The Hall–Kier alpha value is -3.48. The minimum Gasteiger partial charge on any atom is -0.497 e. The zero-order valence-corrected chi connectivity index (χ0v) is 18.0. The maximum absolute atomic E-state index is 12.9. The fourth-order valence-electron chi connectivity index (χ4n) is 3.98. The van der Waals surface area contributed by atoms with Crippen LogP contribution in [0.5, 0.6) is 11.5 Å². The van der Waals surface area contributed by atoms with E-state index >= 15 is 0 Å². The first-order chi connectivity index (χ1) is 15.0. The number of nitrogens with zero attached hydrogens (tertiary/aromatic N) is 2. The predicted octanol–water partition coefficient (Wildman–Crippen LogP) is 3.01. The van der Waals surface area contributed by atoms with E-state index in [2.05, 4.69) is 4.90 Å². The largest absolute Gasteiger partial charge is 0.497 e. The average Bonchev–Trinajstić information content (AvgIpc) is 2.81. The van der Waals surface area contributed by atoms with Gasteiger partial charge in [0.05, 0.1) is 26.2 Å². The lowest BCUT2D eigenvalue weighted by atomic mass is 10.0. The van der Waals surface area contributed by atoms with Crippen molar-refractivity contribution in [2.45, 2.75) is 13.3 Å². The molecule has 0 N–H and O–H groups in total. The molecule has 31 heavy (non-hydrogen) atoms. The molecule has 0 aliphatic carbocycles. The lowest BCUT2D eigenvalue weighted by molar-refractivity contribution is -0.130. The highest BCUT2D eigenvalue weighted by atomic mass is 16.5. The molecule has 1 aliphatic rings. The molecule has 2 aromatic carbocycles. The second-order valence-electron chi connectivity index (χ2n) is 7.60. The smallest absolute Gasteiger partial charge is 0.340 e. The Balaban J connectivity index is 1.45. The number of aryl methyl sites for hydroxylation is 1. The summed E-state index contributed by atoms with van der Waals surface area (Å²) >= 11 is 0. The molecule has 1 aliphatic heterocycles. The highest BCUT2D eigenvalue weighted by molar-refractivity contribution is 5.85. The van der Waals surface area contributed by atoms with Crippen LogP contribution >= 0.6 is 0 Å². The number of hydrogen-bond acceptors (Lipinski definition) is 6. The monoisotopic (exact) mass is 422 g/mol. The number of piperazine rings is 1. The van der Waals surface area contributed by atoms with Gasteiger partial charge in [-0.25, -0.2) is 4.79 Å². The second-order valence-corrected chi connectivity index (χ2v) is 7.60. The van der Waals surface area contributed by atoms with Crippen molar-refractivity contribution in [3.8, 4) is 11.5 Å². The molecule has 0 unspecified atom stereocenters. The van der Waals surface area contributed by atoms with Crippen molar-refractivity contribution in [1.29, 1.82) is 0 Å². The van der Waals surface area contributed by atoms with Crippen LogP contribution in [0.4, 0.5) is 5.69 Å². The Kier molecular flexibility index (Phi) is 5.84. The van der Waals surface area contributed by atoms with Crippen molar-refractivity contribution >= 4 is 22.6 Å². The maximum atomic E-state index is 12.9. The lowest BCUT2D eigenvalue weighted by Crippen LogP contribution is -2.49. The molecule has 0 bridgehead atoms. The number of anilines is 1. The van der Waals surface area contributed by atoms with Gasteiger partial charge in [-0.15, -0.1) is 0 Å². The molecule has 2 heterocycles. The van der Waals surface area contributed by atoms with Crippen LogP contribution in [0.3, 0.4) is 0 Å². The molecule has 0 atom stereocenters. The van der Waals surface area contributed by atoms with Crippen molar-refractivity contribution in [2.24, 2.45) is 0 Å². The number of methoxy groups -OCH3 is 2. The number of amides is 1. The number of fused-ring (bicyclic) bond motifs is 1. The standard InChI is InChI=1S/C24H26N2O5/c1-16-20-9-8-19(30-3)14-22(20)31-24(28)21(16)15-23(27)26-12-10-25(11-13-26)17-4-6-18(29-2)7-5-17/h4-9,14H,10-13,15H2,1-3H3. The number of rotatable bonds is 5. The molecule has 4 rings (SSSR count). The molecule has 0 spiro atoms. The van der Waals surface area contributed by atoms with Crippen LogP contribution in [0, 0.1) is 6.92 Å². The van der Waals surface area contributed by atoms with Crippen LogP contribution in [-0.4, -0.2) is 51.2 Å². The first kappa shape index (κ1) is 20.8. The van der Waals surface area contributed by atoms with Gasteiger partial charge < -0.3 is 23.7 Å². The zero-order chi connectivity index (χ0) is 22.0. The van der Waals surface area contributed by atoms with Gasteiger partial charge in [-0.3, -0.25) is 4.79 Å². The van der Waals surface area contributed by atoms with Crippen LogP contribution in [0.15, 0.2) is 51.7 Å². The molecule has 1 fully saturated rings. The second kappa shape index (κ2) is 8.71. The summed E-state index contributed by atoms with van der Waals surface area (Å²) in [4.78, 5) is 29.5. The van der Waals surface area contributed by atoms with Crippen molar-refractivity contribution in [3.05, 3.63) is 64.0 Å². The average molecular weight is 422 g/mol. The Bertz CT molecular complexity index is 1150. The normalized spacial score (nSPS) is 14.0. The van der Waals surface area contributed by atoms with Gasteiger partial charge in [0.25, 0.3) is 0 Å². The van der Waals surface area contributed by atoms with Gasteiger partial charge in [-0.05, 0) is 48.9 Å². The Morgan fingerprint density at radius 2 is 1.61 bits per heavy atom. The van der Waals surface area contributed by atoms with Crippen LogP contribution in [0.2, 0.25) is 0 Å². The van der Waals surface area contributed by atoms with Gasteiger partial charge in [0.2, 0.25) is 5.91 Å². The van der Waals surface area contributed by atoms with E-state index in [0.717, 1.165) is 35.5 Å². The third kappa shape index (κ3) is 4.21. The van der Waals surface area contributed by atoms with Crippen LogP contribution < -0.4 is 20.0 Å². The minimum absolute atomic E-state index is 0.0403. The van der Waals surface area contributed by atoms with Crippen LogP contribution in [0.25, 0.3) is 11.0 Å². The summed E-state index contributed by atoms with van der Waals surface area (Å²) in [5.74, 6) is 1.38. The number of hydrogen-bond donors (Lipinski definition) is 0.